The number of aliphatic carboxylic acids is 1. The number of aryl methyl sites for hydroxylation is 3. The van der Waals surface area contributed by atoms with E-state index in [4.69, 9.17) is 16.7 Å². The number of halogens is 1. The van der Waals surface area contributed by atoms with Crippen LogP contribution >= 0.6 is 11.6 Å². The monoisotopic (exact) mass is 620 g/mol. The number of carboxylic acid groups (broad SMARTS) is 1. The van der Waals surface area contributed by atoms with Crippen LogP contribution in [0.25, 0.3) is 11.1 Å². The molecule has 2 aliphatic rings. The van der Waals surface area contributed by atoms with Gasteiger partial charge in [0.05, 0.1) is 11.1 Å². The highest BCUT2D eigenvalue weighted by Gasteiger charge is 2.26. The summed E-state index contributed by atoms with van der Waals surface area (Å²) < 4.78 is 0. The summed E-state index contributed by atoms with van der Waals surface area (Å²) in [5, 5.41) is 21.3. The number of hydrogen-bond donors (Lipinski definition) is 5. The molecule has 0 saturated heterocycles. The molecule has 2 heterocycles. The summed E-state index contributed by atoms with van der Waals surface area (Å²) in [5.41, 5.74) is 9.70. The summed E-state index contributed by atoms with van der Waals surface area (Å²) in [4.78, 5) is 34.7. The highest BCUT2D eigenvalue weighted by atomic mass is 35.5. The first-order valence-electron chi connectivity index (χ1n) is 14.6. The molecule has 2 amide bonds. The minimum absolute atomic E-state index is 0.0570. The lowest BCUT2D eigenvalue weighted by atomic mass is 10.0. The van der Waals surface area contributed by atoms with E-state index >= 15 is 0 Å². The molecule has 9 heteroatoms. The van der Waals surface area contributed by atoms with Crippen LogP contribution < -0.4 is 21.3 Å². The van der Waals surface area contributed by atoms with Crippen molar-refractivity contribution in [1.29, 1.82) is 0 Å². The molecule has 6 rings (SSSR count). The number of amides is 2. The van der Waals surface area contributed by atoms with E-state index in [1.165, 1.54) is 5.56 Å². The van der Waals surface area contributed by atoms with Gasteiger partial charge in [-0.05, 0) is 85.0 Å². The predicted molar refractivity (Wildman–Crippen MR) is 181 cm³/mol. The van der Waals surface area contributed by atoms with Gasteiger partial charge in [-0.15, -0.1) is 0 Å². The molecule has 0 aromatic heterocycles. The summed E-state index contributed by atoms with van der Waals surface area (Å²) in [7, 11) is 0. The predicted octanol–water partition coefficient (Wildman–Crippen LogP) is 7.72. The smallest absolute Gasteiger partial charge is 0.303 e. The molecule has 8 nitrogen and oxygen atoms in total. The van der Waals surface area contributed by atoms with Crippen molar-refractivity contribution >= 4 is 63.3 Å². The molecule has 5 N–H and O–H groups in total. The number of hydrogen-bond acceptors (Lipinski definition) is 5. The summed E-state index contributed by atoms with van der Waals surface area (Å²) in [6, 6.07) is 26.8. The topological polar surface area (TPSA) is 120 Å². The Hall–Kier alpha value is -5.34. The zero-order valence-corrected chi connectivity index (χ0v) is 25.7. The Morgan fingerprint density at radius 2 is 1.49 bits per heavy atom. The Morgan fingerprint density at radius 1 is 0.800 bits per heavy atom. The number of fused-ring (bicyclic) bond motifs is 2. The van der Waals surface area contributed by atoms with Crippen LogP contribution in [0.2, 0.25) is 5.02 Å². The second kappa shape index (κ2) is 14.0. The van der Waals surface area contributed by atoms with E-state index < -0.39 is 5.97 Å². The summed E-state index contributed by atoms with van der Waals surface area (Å²) in [5.74, 6) is -1.05. The standard InChI is InChI=1S/C18H15ClN2O3.C18H18N2O/c19-12-4-7-16-14(9-12)15(18(24)21-16)10-20-13-5-1-11(2-6-13)3-8-17(22)23;1-3-13-7-5-8-14(10-13)19-11-15-17-12(2)6-4-9-16(17)20-18(15)21/h1-2,4-7,9-10,20H,3,8H2,(H,21,24)(H,22,23);4-11,19H,3H2,1-2H3,(H,20,21)/b15-10-;15-11+. The number of rotatable bonds is 8. The maximum Gasteiger partial charge on any atom is 0.303 e. The van der Waals surface area contributed by atoms with Crippen molar-refractivity contribution in [2.45, 2.75) is 33.1 Å². The summed E-state index contributed by atoms with van der Waals surface area (Å²) in [6.07, 6.45) is 5.03. The quantitative estimate of drug-likeness (QED) is 0.129. The van der Waals surface area contributed by atoms with Gasteiger partial charge in [-0.25, -0.2) is 0 Å². The van der Waals surface area contributed by atoms with E-state index in [-0.39, 0.29) is 18.2 Å². The second-order valence-corrected chi connectivity index (χ2v) is 11.1. The third-order valence-electron chi connectivity index (χ3n) is 7.48. The van der Waals surface area contributed by atoms with E-state index in [0.29, 0.717) is 22.6 Å². The van der Waals surface area contributed by atoms with Gasteiger partial charge in [0.2, 0.25) is 0 Å². The molecule has 0 saturated carbocycles. The van der Waals surface area contributed by atoms with Crippen molar-refractivity contribution in [3.8, 4) is 0 Å². The summed E-state index contributed by atoms with van der Waals surface area (Å²) >= 11 is 5.99. The number of benzene rings is 4. The molecule has 0 unspecified atom stereocenters. The van der Waals surface area contributed by atoms with Crippen molar-refractivity contribution in [2.24, 2.45) is 0 Å². The van der Waals surface area contributed by atoms with E-state index in [0.717, 1.165) is 51.4 Å². The second-order valence-electron chi connectivity index (χ2n) is 10.6. The van der Waals surface area contributed by atoms with Gasteiger partial charge in [0, 0.05) is 57.7 Å². The van der Waals surface area contributed by atoms with Crippen molar-refractivity contribution in [1.82, 2.24) is 0 Å². The molecule has 0 spiro atoms. The minimum Gasteiger partial charge on any atom is -0.481 e. The zero-order chi connectivity index (χ0) is 31.9. The van der Waals surface area contributed by atoms with Gasteiger partial charge in [-0.2, -0.15) is 0 Å². The molecule has 2 aliphatic heterocycles. The van der Waals surface area contributed by atoms with Crippen LogP contribution in [0.5, 0.6) is 0 Å². The lowest BCUT2D eigenvalue weighted by molar-refractivity contribution is -0.137. The van der Waals surface area contributed by atoms with Crippen molar-refractivity contribution in [2.75, 3.05) is 21.3 Å². The molecule has 0 atom stereocenters. The van der Waals surface area contributed by atoms with Crippen LogP contribution in [0.1, 0.15) is 41.2 Å². The van der Waals surface area contributed by atoms with Crippen LogP contribution in [0.4, 0.5) is 22.7 Å². The minimum atomic E-state index is -0.813. The molecular weight excluding hydrogens is 588 g/mol. The molecule has 4 aromatic carbocycles. The fourth-order valence-electron chi connectivity index (χ4n) is 5.08. The number of carbonyl (C=O) groups is 3. The van der Waals surface area contributed by atoms with Crippen LogP contribution in [-0.2, 0) is 27.2 Å². The normalized spacial score (nSPS) is 14.6. The Labute approximate surface area is 266 Å². The van der Waals surface area contributed by atoms with Gasteiger partial charge < -0.3 is 26.4 Å². The average Bonchev–Trinajstić information content (AvgIpc) is 3.53. The van der Waals surface area contributed by atoms with Gasteiger partial charge in [0.1, 0.15) is 0 Å². The van der Waals surface area contributed by atoms with Crippen molar-refractivity contribution in [3.63, 3.8) is 0 Å². The number of nitrogens with one attached hydrogen (secondary N) is 4. The van der Waals surface area contributed by atoms with E-state index in [9.17, 15) is 14.4 Å². The first kappa shape index (κ1) is 31.1. The first-order chi connectivity index (χ1) is 21.7. The van der Waals surface area contributed by atoms with Crippen molar-refractivity contribution < 1.29 is 19.5 Å². The molecule has 228 valence electrons. The maximum absolute atomic E-state index is 12.1. The first-order valence-corrected chi connectivity index (χ1v) is 15.0. The fraction of sp³-hybridized carbons (Fsp3) is 0.139. The highest BCUT2D eigenvalue weighted by molar-refractivity contribution is 6.35. The van der Waals surface area contributed by atoms with E-state index in [2.05, 4.69) is 40.3 Å². The van der Waals surface area contributed by atoms with Gasteiger partial charge >= 0.3 is 5.97 Å². The SMILES string of the molecule is CCc1cccc(N/C=C2/C(=O)Nc3cccc(C)c32)c1.O=C(O)CCc1ccc(N/C=C2\C(=O)Nc3ccc(Cl)cc32)cc1. The Bertz CT molecular complexity index is 1830. The Morgan fingerprint density at radius 3 is 2.24 bits per heavy atom. The largest absolute Gasteiger partial charge is 0.481 e. The Balaban J connectivity index is 0.000000179. The van der Waals surface area contributed by atoms with Crippen LogP contribution in [0.15, 0.2) is 97.3 Å². The lowest BCUT2D eigenvalue weighted by Gasteiger charge is -2.06. The average molecular weight is 621 g/mol. The molecule has 4 aromatic rings. The third-order valence-corrected chi connectivity index (χ3v) is 7.72. The van der Waals surface area contributed by atoms with Crippen LogP contribution in [-0.4, -0.2) is 22.9 Å². The molecule has 0 bridgehead atoms. The van der Waals surface area contributed by atoms with Gasteiger partial charge in [-0.1, -0.05) is 54.9 Å². The molecule has 0 fully saturated rings. The number of carboxylic acids is 1. The van der Waals surface area contributed by atoms with Gasteiger partial charge in [0.25, 0.3) is 11.8 Å². The lowest BCUT2D eigenvalue weighted by Crippen LogP contribution is -2.05. The number of carbonyl (C=O) groups excluding carboxylic acids is 2. The van der Waals surface area contributed by atoms with Crippen LogP contribution in [0.3, 0.4) is 0 Å². The number of anilines is 4. The molecule has 0 radical (unpaired) electrons. The molecular formula is C36H33ClN4O4. The Kier molecular flexibility index (Phi) is 9.65. The van der Waals surface area contributed by atoms with Gasteiger partial charge in [0.15, 0.2) is 0 Å². The van der Waals surface area contributed by atoms with E-state index in [1.807, 2.05) is 61.5 Å². The van der Waals surface area contributed by atoms with Crippen molar-refractivity contribution in [3.05, 3.63) is 130 Å². The fourth-order valence-corrected chi connectivity index (χ4v) is 5.26. The van der Waals surface area contributed by atoms with Crippen LogP contribution in [0, 0.1) is 6.92 Å². The van der Waals surface area contributed by atoms with Gasteiger partial charge in [-0.3, -0.25) is 14.4 Å². The molecule has 45 heavy (non-hydrogen) atoms. The highest BCUT2D eigenvalue weighted by Crippen LogP contribution is 2.35. The van der Waals surface area contributed by atoms with E-state index in [1.54, 1.807) is 30.6 Å². The summed E-state index contributed by atoms with van der Waals surface area (Å²) in [6.45, 7) is 4.15. The maximum atomic E-state index is 12.1. The molecule has 0 aliphatic carbocycles. The zero-order valence-electron chi connectivity index (χ0n) is 24.9. The third kappa shape index (κ3) is 7.60.